The Hall–Kier alpha value is -4.88. The highest BCUT2D eigenvalue weighted by atomic mass is 35.5. The number of unbranched alkanes of at least 4 members (excludes halogenated alkanes) is 1. The molecule has 1 saturated heterocycles. The zero-order chi connectivity index (χ0) is 33.2. The van der Waals surface area contributed by atoms with Crippen LogP contribution in [0.25, 0.3) is 6.08 Å². The maximum absolute atomic E-state index is 13.1. The Balaban J connectivity index is 1.42. The first kappa shape index (κ1) is 34.0. The molecule has 3 aromatic rings. The van der Waals surface area contributed by atoms with Crippen molar-refractivity contribution in [2.75, 3.05) is 25.1 Å². The van der Waals surface area contributed by atoms with Crippen molar-refractivity contribution in [3.63, 3.8) is 0 Å². The lowest BCUT2D eigenvalue weighted by Crippen LogP contribution is -2.36. The van der Waals surface area contributed by atoms with E-state index in [-0.39, 0.29) is 40.1 Å². The normalized spacial score (nSPS) is 13.5. The molecule has 0 radical (unpaired) electrons. The maximum Gasteiger partial charge on any atom is 0.339 e. The molecule has 0 bridgehead atoms. The van der Waals surface area contributed by atoms with Gasteiger partial charge in [0.05, 0.1) is 39.2 Å². The molecule has 3 aromatic carbocycles. The predicted octanol–water partition coefficient (Wildman–Crippen LogP) is 6.86. The number of imide groups is 1. The lowest BCUT2D eigenvalue weighted by Gasteiger charge is -2.14. The Bertz CT molecular complexity index is 1690. The molecule has 0 atom stereocenters. The topological polar surface area (TPSA) is 154 Å². The molecule has 1 heterocycles. The first-order chi connectivity index (χ1) is 22.1. The number of ether oxygens (including phenoxy) is 3. The molecule has 240 valence electrons. The number of hydrogen-bond acceptors (Lipinski definition) is 10. The van der Waals surface area contributed by atoms with E-state index in [4.69, 9.17) is 25.8 Å². The number of hydrogen-bond donors (Lipinski definition) is 1. The minimum Gasteiger partial charge on any atom is -0.490 e. The molecule has 14 heteroatoms. The molecule has 0 spiro atoms. The number of nitro benzene ring substituents is 1. The van der Waals surface area contributed by atoms with Gasteiger partial charge in [-0.15, -0.1) is 0 Å². The number of nitro groups is 1. The first-order valence-electron chi connectivity index (χ1n) is 14.2. The number of thioether (sulfide) groups is 1. The molecular weight excluding hydrogens is 638 g/mol. The van der Waals surface area contributed by atoms with Crippen molar-refractivity contribution >= 4 is 63.8 Å². The zero-order valence-corrected chi connectivity index (χ0v) is 26.5. The zero-order valence-electron chi connectivity index (χ0n) is 24.9. The highest BCUT2D eigenvalue weighted by Gasteiger charge is 2.36. The van der Waals surface area contributed by atoms with E-state index < -0.39 is 34.5 Å². The number of para-hydroxylation sites is 1. The molecule has 1 aliphatic heterocycles. The fourth-order valence-electron chi connectivity index (χ4n) is 4.25. The minimum absolute atomic E-state index is 0.0677. The van der Waals surface area contributed by atoms with E-state index in [9.17, 15) is 29.3 Å². The minimum atomic E-state index is -0.657. The van der Waals surface area contributed by atoms with E-state index in [0.29, 0.717) is 47.4 Å². The van der Waals surface area contributed by atoms with Crippen molar-refractivity contribution in [2.24, 2.45) is 0 Å². The lowest BCUT2D eigenvalue weighted by molar-refractivity contribution is -0.385. The molecule has 3 amide bonds. The summed E-state index contributed by atoms with van der Waals surface area (Å²) in [6.45, 7) is 3.65. The second-order valence-electron chi connectivity index (χ2n) is 9.81. The van der Waals surface area contributed by atoms with Gasteiger partial charge in [-0.05, 0) is 73.1 Å². The second-order valence-corrected chi connectivity index (χ2v) is 11.2. The van der Waals surface area contributed by atoms with Crippen molar-refractivity contribution < 1.29 is 38.3 Å². The summed E-state index contributed by atoms with van der Waals surface area (Å²) >= 11 is 6.82. The van der Waals surface area contributed by atoms with Gasteiger partial charge in [-0.3, -0.25) is 29.4 Å². The van der Waals surface area contributed by atoms with Gasteiger partial charge in [0, 0.05) is 11.8 Å². The number of anilines is 1. The van der Waals surface area contributed by atoms with Gasteiger partial charge in [0.1, 0.15) is 13.2 Å². The number of benzene rings is 3. The molecule has 1 N–H and O–H groups in total. The molecule has 0 unspecified atom stereocenters. The average molecular weight is 668 g/mol. The number of carbonyl (C=O) groups is 4. The Labute approximate surface area is 273 Å². The molecule has 0 aliphatic carbocycles. The second kappa shape index (κ2) is 15.9. The van der Waals surface area contributed by atoms with Gasteiger partial charge in [0.25, 0.3) is 16.8 Å². The van der Waals surface area contributed by atoms with Crippen LogP contribution in [0.15, 0.2) is 65.6 Å². The third-order valence-corrected chi connectivity index (χ3v) is 7.75. The van der Waals surface area contributed by atoms with E-state index in [1.807, 2.05) is 6.92 Å². The Kier molecular flexibility index (Phi) is 11.8. The number of nitrogens with one attached hydrogen (secondary N) is 1. The van der Waals surface area contributed by atoms with Gasteiger partial charge in [-0.1, -0.05) is 43.1 Å². The van der Waals surface area contributed by atoms with Gasteiger partial charge in [-0.2, -0.15) is 0 Å². The third kappa shape index (κ3) is 8.64. The lowest BCUT2D eigenvalue weighted by atomic mass is 10.1. The molecule has 0 saturated carbocycles. The summed E-state index contributed by atoms with van der Waals surface area (Å²) in [7, 11) is 0. The Morgan fingerprint density at radius 1 is 1.04 bits per heavy atom. The maximum atomic E-state index is 13.1. The van der Waals surface area contributed by atoms with Crippen LogP contribution in [-0.4, -0.2) is 52.6 Å². The van der Waals surface area contributed by atoms with Crippen molar-refractivity contribution in [3.05, 3.63) is 97.4 Å². The van der Waals surface area contributed by atoms with E-state index in [1.54, 1.807) is 43.3 Å². The third-order valence-electron chi connectivity index (χ3n) is 6.51. The van der Waals surface area contributed by atoms with Crippen molar-refractivity contribution in [1.29, 1.82) is 0 Å². The molecular formula is C32H30ClN3O9S. The fourth-order valence-corrected chi connectivity index (χ4v) is 5.28. The average Bonchev–Trinajstić information content (AvgIpc) is 3.28. The number of halogens is 1. The summed E-state index contributed by atoms with van der Waals surface area (Å²) in [6, 6.07) is 15.4. The molecule has 12 nitrogen and oxygen atoms in total. The van der Waals surface area contributed by atoms with Crippen LogP contribution in [-0.2, 0) is 20.9 Å². The van der Waals surface area contributed by atoms with Gasteiger partial charge < -0.3 is 19.5 Å². The monoisotopic (exact) mass is 667 g/mol. The summed E-state index contributed by atoms with van der Waals surface area (Å²) < 4.78 is 16.7. The number of rotatable bonds is 14. The van der Waals surface area contributed by atoms with E-state index in [0.717, 1.165) is 11.3 Å². The van der Waals surface area contributed by atoms with Crippen LogP contribution in [0.4, 0.5) is 16.2 Å². The number of nitrogens with zero attached hydrogens (tertiary/aromatic N) is 2. The smallest absolute Gasteiger partial charge is 0.339 e. The number of carbonyl (C=O) groups excluding carboxylic acids is 4. The van der Waals surface area contributed by atoms with Crippen molar-refractivity contribution in [3.8, 4) is 11.5 Å². The predicted molar refractivity (Wildman–Crippen MR) is 173 cm³/mol. The molecule has 4 rings (SSSR count). The first-order valence-corrected chi connectivity index (χ1v) is 15.4. The van der Waals surface area contributed by atoms with Crippen LogP contribution in [0.5, 0.6) is 11.5 Å². The number of amides is 3. The fraction of sp³-hybridized carbons (Fsp3) is 0.250. The Morgan fingerprint density at radius 3 is 2.57 bits per heavy atom. The number of esters is 1. The summed E-state index contributed by atoms with van der Waals surface area (Å²) in [5, 5.41) is 13.4. The SMILES string of the molecule is CCCCOC(=O)c1cc(NC(=O)CN2C(=O)S/C(=C/c3ccc(OCc4ccccc4[N+](=O)[O-])c(OCC)c3)C2=O)ccc1Cl. The summed E-state index contributed by atoms with van der Waals surface area (Å²) in [5.41, 5.74) is 1.16. The van der Waals surface area contributed by atoms with Gasteiger partial charge in [0.15, 0.2) is 11.5 Å². The van der Waals surface area contributed by atoms with Gasteiger partial charge >= 0.3 is 5.97 Å². The van der Waals surface area contributed by atoms with Crippen LogP contribution in [0, 0.1) is 10.1 Å². The van der Waals surface area contributed by atoms with Crippen LogP contribution < -0.4 is 14.8 Å². The molecule has 1 fully saturated rings. The van der Waals surface area contributed by atoms with E-state index >= 15 is 0 Å². The largest absolute Gasteiger partial charge is 0.490 e. The summed E-state index contributed by atoms with van der Waals surface area (Å²) in [6.07, 6.45) is 3.04. The quantitative estimate of drug-likeness (QED) is 0.0634. The van der Waals surface area contributed by atoms with Crippen LogP contribution in [0.2, 0.25) is 5.02 Å². The standard InChI is InChI=1S/C32H30ClN3O9S/c1-3-5-14-44-31(39)23-17-22(11-12-24(23)33)34-29(37)18-35-30(38)28(46-32(35)40)16-20-10-13-26(27(15-20)43-4-2)45-19-21-8-6-7-9-25(21)36(41)42/h6-13,15-17H,3-5,14,18-19H2,1-2H3,(H,34,37)/b28-16+. The highest BCUT2D eigenvalue weighted by molar-refractivity contribution is 8.18. The van der Waals surface area contributed by atoms with Crippen LogP contribution in [0.1, 0.15) is 48.2 Å². The van der Waals surface area contributed by atoms with Crippen molar-refractivity contribution in [2.45, 2.75) is 33.3 Å². The van der Waals surface area contributed by atoms with Crippen LogP contribution in [0.3, 0.4) is 0 Å². The molecule has 46 heavy (non-hydrogen) atoms. The summed E-state index contributed by atoms with van der Waals surface area (Å²) in [4.78, 5) is 62.7. The van der Waals surface area contributed by atoms with Gasteiger partial charge in [-0.25, -0.2) is 4.79 Å². The molecule has 1 aliphatic rings. The summed E-state index contributed by atoms with van der Waals surface area (Å²) in [5.74, 6) is -1.27. The van der Waals surface area contributed by atoms with Crippen LogP contribution >= 0.6 is 23.4 Å². The molecule has 0 aromatic heterocycles. The van der Waals surface area contributed by atoms with Gasteiger partial charge in [0.2, 0.25) is 5.91 Å². The van der Waals surface area contributed by atoms with Crippen molar-refractivity contribution in [1.82, 2.24) is 4.90 Å². The highest BCUT2D eigenvalue weighted by Crippen LogP contribution is 2.35. The van der Waals surface area contributed by atoms with E-state index in [2.05, 4.69) is 5.32 Å². The van der Waals surface area contributed by atoms with E-state index in [1.165, 1.54) is 30.3 Å². The Morgan fingerprint density at radius 2 is 1.83 bits per heavy atom.